The molecule has 0 aliphatic carbocycles. The molecule has 0 fully saturated rings. The average Bonchev–Trinajstić information content (AvgIpc) is 2.09. The Bertz CT molecular complexity index is 325. The average molecular weight is 241 g/mol. The molecule has 1 rings (SSSR count). The molecule has 0 heterocycles. The van der Waals surface area contributed by atoms with Crippen LogP contribution in [0.3, 0.4) is 0 Å². The fourth-order valence-electron chi connectivity index (χ4n) is 0.739. The third-order valence-corrected chi connectivity index (χ3v) is 3.08. The minimum atomic E-state index is -3.67. The molecule has 1 aromatic rings. The summed E-state index contributed by atoms with van der Waals surface area (Å²) in [6, 6.07) is 6.83. The molecule has 0 radical (unpaired) electrons. The molecule has 1 aromatic carbocycles. The van der Waals surface area contributed by atoms with Crippen LogP contribution in [0.4, 0.5) is 0 Å². The Balaban J connectivity index is 2.75. The number of halogens is 2. The molecule has 13 heavy (non-hydrogen) atoms. The van der Waals surface area contributed by atoms with Gasteiger partial charge in [0, 0.05) is 11.2 Å². The lowest BCUT2D eigenvalue weighted by Crippen LogP contribution is -1.86. The third kappa shape index (κ3) is 3.57. The second kappa shape index (κ2) is 4.34. The zero-order valence-electron chi connectivity index (χ0n) is 6.74. The Hall–Kier alpha value is -0.210. The van der Waals surface area contributed by atoms with Crippen molar-refractivity contribution in [3.8, 4) is 5.75 Å². The SMILES string of the molecule is Cc1ccc(OP(=O)(Cl)OCl)cc1. The van der Waals surface area contributed by atoms with E-state index in [0.29, 0.717) is 5.75 Å². The molecule has 0 aliphatic rings. The predicted octanol–water partition coefficient (Wildman–Crippen LogP) is 3.89. The van der Waals surface area contributed by atoms with E-state index in [4.69, 9.17) is 27.6 Å². The Morgan fingerprint density at radius 1 is 1.31 bits per heavy atom. The van der Waals surface area contributed by atoms with E-state index < -0.39 is 6.95 Å². The summed E-state index contributed by atoms with van der Waals surface area (Å²) < 4.78 is 19.7. The van der Waals surface area contributed by atoms with Gasteiger partial charge in [0.25, 0.3) is 0 Å². The molecule has 1 unspecified atom stereocenters. The number of benzene rings is 1. The van der Waals surface area contributed by atoms with Crippen molar-refractivity contribution in [3.63, 3.8) is 0 Å². The van der Waals surface area contributed by atoms with Gasteiger partial charge in [0.2, 0.25) is 0 Å². The Labute approximate surface area is 86.1 Å². The number of aryl methyl sites for hydroxylation is 1. The highest BCUT2D eigenvalue weighted by molar-refractivity contribution is 7.82. The highest BCUT2D eigenvalue weighted by Gasteiger charge is 2.21. The molecule has 72 valence electrons. The predicted molar refractivity (Wildman–Crippen MR) is 52.2 cm³/mol. The van der Waals surface area contributed by atoms with Gasteiger partial charge in [0.1, 0.15) is 5.75 Å². The van der Waals surface area contributed by atoms with Crippen molar-refractivity contribution >= 4 is 30.1 Å². The second-order valence-electron chi connectivity index (χ2n) is 2.40. The van der Waals surface area contributed by atoms with Crippen LogP contribution in [-0.4, -0.2) is 0 Å². The molecule has 0 N–H and O–H groups in total. The van der Waals surface area contributed by atoms with E-state index in [2.05, 4.69) is 4.08 Å². The molecule has 6 heteroatoms. The Morgan fingerprint density at radius 2 is 1.85 bits per heavy atom. The first-order valence-corrected chi connectivity index (χ1v) is 6.15. The largest absolute Gasteiger partial charge is 0.493 e. The summed E-state index contributed by atoms with van der Waals surface area (Å²) in [6.45, 7) is -1.75. The van der Waals surface area contributed by atoms with E-state index in [1.54, 1.807) is 24.3 Å². The molecule has 0 amide bonds. The minimum Gasteiger partial charge on any atom is -0.413 e. The van der Waals surface area contributed by atoms with Gasteiger partial charge in [0.05, 0.1) is 11.9 Å². The van der Waals surface area contributed by atoms with E-state index in [1.807, 2.05) is 6.92 Å². The summed E-state index contributed by atoms with van der Waals surface area (Å²) in [6.07, 6.45) is 0. The van der Waals surface area contributed by atoms with Crippen LogP contribution in [0.25, 0.3) is 0 Å². The van der Waals surface area contributed by atoms with Gasteiger partial charge in [0.15, 0.2) is 0 Å². The van der Waals surface area contributed by atoms with Crippen LogP contribution in [0, 0.1) is 6.92 Å². The Morgan fingerprint density at radius 3 is 2.31 bits per heavy atom. The number of rotatable bonds is 3. The maximum atomic E-state index is 11.0. The van der Waals surface area contributed by atoms with Crippen molar-refractivity contribution in [1.29, 1.82) is 0 Å². The maximum Gasteiger partial charge on any atom is 0.493 e. The smallest absolute Gasteiger partial charge is 0.413 e. The summed E-state index contributed by atoms with van der Waals surface area (Å²) in [4.78, 5) is 0. The fraction of sp³-hybridized carbons (Fsp3) is 0.143. The maximum absolute atomic E-state index is 11.0. The normalized spacial score (nSPS) is 15.0. The molecule has 0 saturated heterocycles. The van der Waals surface area contributed by atoms with Gasteiger partial charge in [-0.2, -0.15) is 4.08 Å². The van der Waals surface area contributed by atoms with Crippen LogP contribution < -0.4 is 4.52 Å². The van der Waals surface area contributed by atoms with Crippen molar-refractivity contribution in [1.82, 2.24) is 0 Å². The van der Waals surface area contributed by atoms with Crippen molar-refractivity contribution < 1.29 is 13.2 Å². The van der Waals surface area contributed by atoms with E-state index in [1.165, 1.54) is 0 Å². The van der Waals surface area contributed by atoms with E-state index in [-0.39, 0.29) is 0 Å². The lowest BCUT2D eigenvalue weighted by atomic mass is 10.2. The van der Waals surface area contributed by atoms with Crippen molar-refractivity contribution in [3.05, 3.63) is 29.8 Å². The first-order chi connectivity index (χ1) is 6.03. The van der Waals surface area contributed by atoms with E-state index >= 15 is 0 Å². The molecule has 3 nitrogen and oxygen atoms in total. The quantitative estimate of drug-likeness (QED) is 0.753. The molecular formula is C7H7Cl2O3P. The summed E-state index contributed by atoms with van der Waals surface area (Å²) in [5.41, 5.74) is 1.06. The van der Waals surface area contributed by atoms with Crippen molar-refractivity contribution in [2.75, 3.05) is 0 Å². The molecule has 0 aromatic heterocycles. The van der Waals surface area contributed by atoms with Gasteiger partial charge < -0.3 is 4.52 Å². The van der Waals surface area contributed by atoms with Crippen molar-refractivity contribution in [2.45, 2.75) is 6.92 Å². The highest BCUT2D eigenvalue weighted by atomic mass is 35.7. The van der Waals surface area contributed by atoms with Gasteiger partial charge in [-0.3, -0.25) is 0 Å². The van der Waals surface area contributed by atoms with Gasteiger partial charge in [-0.15, -0.1) is 0 Å². The van der Waals surface area contributed by atoms with Crippen LogP contribution in [0.2, 0.25) is 0 Å². The van der Waals surface area contributed by atoms with Crippen LogP contribution in [-0.2, 0) is 8.64 Å². The van der Waals surface area contributed by atoms with Gasteiger partial charge >= 0.3 is 6.95 Å². The number of hydrogen-bond donors (Lipinski definition) is 0. The van der Waals surface area contributed by atoms with Crippen LogP contribution >= 0.6 is 30.1 Å². The molecule has 0 aliphatic heterocycles. The zero-order chi connectivity index (χ0) is 9.90. The van der Waals surface area contributed by atoms with E-state index in [9.17, 15) is 4.57 Å². The topological polar surface area (TPSA) is 35.5 Å². The van der Waals surface area contributed by atoms with E-state index in [0.717, 1.165) is 5.56 Å². The van der Waals surface area contributed by atoms with Gasteiger partial charge in [-0.1, -0.05) is 17.7 Å². The molecule has 0 saturated carbocycles. The first-order valence-electron chi connectivity index (χ1n) is 3.40. The lowest BCUT2D eigenvalue weighted by Gasteiger charge is -2.07. The molecule has 0 bridgehead atoms. The van der Waals surface area contributed by atoms with Crippen LogP contribution in [0.15, 0.2) is 24.3 Å². The summed E-state index contributed by atoms with van der Waals surface area (Å²) >= 11 is 10.1. The van der Waals surface area contributed by atoms with Crippen LogP contribution in [0.1, 0.15) is 5.56 Å². The van der Waals surface area contributed by atoms with Gasteiger partial charge in [-0.25, -0.2) is 4.57 Å². The lowest BCUT2D eigenvalue weighted by molar-refractivity contribution is 0.421. The molecular weight excluding hydrogens is 234 g/mol. The van der Waals surface area contributed by atoms with Crippen molar-refractivity contribution in [2.24, 2.45) is 0 Å². The summed E-state index contributed by atoms with van der Waals surface area (Å²) in [7, 11) is 0. The van der Waals surface area contributed by atoms with Gasteiger partial charge in [-0.05, 0) is 19.1 Å². The fourth-order valence-corrected chi connectivity index (χ4v) is 1.46. The highest BCUT2D eigenvalue weighted by Crippen LogP contribution is 2.54. The molecule has 0 spiro atoms. The zero-order valence-corrected chi connectivity index (χ0v) is 9.14. The summed E-state index contributed by atoms with van der Waals surface area (Å²) in [5.74, 6) is 0.351. The standard InChI is InChI=1S/C7H7Cl2O3P/c1-6-2-4-7(5-3-6)11-13(9,10)12-8/h2-5H,1H3. The second-order valence-corrected chi connectivity index (χ2v) is 5.24. The summed E-state index contributed by atoms with van der Waals surface area (Å²) in [5, 5.41) is 0. The monoisotopic (exact) mass is 240 g/mol. The third-order valence-electron chi connectivity index (χ3n) is 1.32. The Kier molecular flexibility index (Phi) is 3.63. The molecule has 1 atom stereocenters. The number of hydrogen-bond acceptors (Lipinski definition) is 3. The first kappa shape index (κ1) is 10.9. The van der Waals surface area contributed by atoms with Crippen LogP contribution in [0.5, 0.6) is 5.75 Å². The minimum absolute atomic E-state index is 0.351.